The Kier molecular flexibility index (Phi) is 5.93. The standard InChI is InChI=1S/C17H15BrN2O6/c1-10-13(8-7-12(18)14(10)20(23)24)19-9-5-4-6-11(16(21)25-2)15(19)17(22)26-3/h4-9H,1-3H3. The van der Waals surface area contributed by atoms with Gasteiger partial charge in [0.05, 0.1) is 40.4 Å². The summed E-state index contributed by atoms with van der Waals surface area (Å²) in [4.78, 5) is 36.8. The highest BCUT2D eigenvalue weighted by Gasteiger charge is 2.30. The number of hydrogen-bond donors (Lipinski definition) is 0. The predicted molar refractivity (Wildman–Crippen MR) is 97.4 cm³/mol. The van der Waals surface area contributed by atoms with Crippen molar-refractivity contribution in [3.63, 3.8) is 0 Å². The lowest BCUT2D eigenvalue weighted by molar-refractivity contribution is -0.386. The van der Waals surface area contributed by atoms with E-state index >= 15 is 0 Å². The van der Waals surface area contributed by atoms with E-state index in [2.05, 4.69) is 15.9 Å². The summed E-state index contributed by atoms with van der Waals surface area (Å²) in [5.74, 6) is -1.52. The van der Waals surface area contributed by atoms with Crippen molar-refractivity contribution >= 4 is 39.2 Å². The Labute approximate surface area is 157 Å². The molecule has 0 aromatic heterocycles. The topological polar surface area (TPSA) is 99.0 Å². The van der Waals surface area contributed by atoms with Crippen LogP contribution in [0, 0.1) is 17.0 Å². The van der Waals surface area contributed by atoms with Gasteiger partial charge in [-0.2, -0.15) is 0 Å². The van der Waals surface area contributed by atoms with Gasteiger partial charge < -0.3 is 14.4 Å². The molecule has 0 radical (unpaired) electrons. The summed E-state index contributed by atoms with van der Waals surface area (Å²) in [6, 6.07) is 3.10. The van der Waals surface area contributed by atoms with Crippen molar-refractivity contribution < 1.29 is 24.0 Å². The number of carbonyl (C=O) groups excluding carboxylic acids is 2. The lowest BCUT2D eigenvalue weighted by atomic mass is 10.1. The van der Waals surface area contributed by atoms with E-state index in [0.717, 1.165) is 0 Å². The summed E-state index contributed by atoms with van der Waals surface area (Å²) in [7, 11) is 2.37. The fraction of sp³-hybridized carbons (Fsp3) is 0.176. The lowest BCUT2D eigenvalue weighted by Crippen LogP contribution is -2.27. The molecule has 0 atom stereocenters. The Morgan fingerprint density at radius 2 is 1.81 bits per heavy atom. The van der Waals surface area contributed by atoms with Gasteiger partial charge in [-0.1, -0.05) is 6.08 Å². The number of esters is 2. The SMILES string of the molecule is COC(=O)C1=C(C(=O)OC)N(c2ccc(Br)c([N+](=O)[O-])c2C)C=CC=C1. The number of benzene rings is 1. The summed E-state index contributed by atoms with van der Waals surface area (Å²) in [5.41, 5.74) is 0.374. The zero-order valence-electron chi connectivity index (χ0n) is 14.2. The van der Waals surface area contributed by atoms with Gasteiger partial charge in [0.15, 0.2) is 0 Å². The fourth-order valence-corrected chi connectivity index (χ4v) is 3.07. The van der Waals surface area contributed by atoms with E-state index in [9.17, 15) is 19.7 Å². The van der Waals surface area contributed by atoms with E-state index in [1.165, 1.54) is 37.5 Å². The molecule has 0 saturated heterocycles. The first-order chi connectivity index (χ1) is 12.3. The lowest BCUT2D eigenvalue weighted by Gasteiger charge is -2.24. The third kappa shape index (κ3) is 3.52. The first kappa shape index (κ1) is 19.4. The van der Waals surface area contributed by atoms with Gasteiger partial charge in [-0.3, -0.25) is 10.1 Å². The van der Waals surface area contributed by atoms with Crippen LogP contribution in [0.15, 0.2) is 52.3 Å². The number of rotatable bonds is 4. The molecule has 0 aliphatic carbocycles. The van der Waals surface area contributed by atoms with Crippen LogP contribution in [0.4, 0.5) is 11.4 Å². The Bertz CT molecular complexity index is 872. The van der Waals surface area contributed by atoms with Crippen LogP contribution >= 0.6 is 15.9 Å². The van der Waals surface area contributed by atoms with Gasteiger partial charge >= 0.3 is 11.9 Å². The monoisotopic (exact) mass is 422 g/mol. The van der Waals surface area contributed by atoms with Crippen LogP contribution in [0.2, 0.25) is 0 Å². The largest absolute Gasteiger partial charge is 0.465 e. The molecule has 2 rings (SSSR count). The summed E-state index contributed by atoms with van der Waals surface area (Å²) < 4.78 is 9.85. The number of methoxy groups -OCH3 is 2. The maximum atomic E-state index is 12.4. The van der Waals surface area contributed by atoms with Crippen LogP contribution in [-0.4, -0.2) is 31.1 Å². The maximum Gasteiger partial charge on any atom is 0.355 e. The summed E-state index contributed by atoms with van der Waals surface area (Å²) >= 11 is 3.16. The molecular formula is C17H15BrN2O6. The van der Waals surface area contributed by atoms with E-state index in [4.69, 9.17) is 9.47 Å². The van der Waals surface area contributed by atoms with E-state index in [1.807, 2.05) is 0 Å². The second kappa shape index (κ2) is 7.96. The Hall–Kier alpha value is -2.94. The molecule has 1 heterocycles. The molecule has 0 saturated carbocycles. The number of hydrogen-bond acceptors (Lipinski definition) is 7. The molecule has 8 nitrogen and oxygen atoms in total. The van der Waals surface area contributed by atoms with Gasteiger partial charge in [0, 0.05) is 6.20 Å². The van der Waals surface area contributed by atoms with E-state index in [1.54, 1.807) is 25.1 Å². The number of halogens is 1. The average molecular weight is 423 g/mol. The van der Waals surface area contributed by atoms with Crippen molar-refractivity contribution in [2.45, 2.75) is 6.92 Å². The first-order valence-electron chi connectivity index (χ1n) is 7.32. The van der Waals surface area contributed by atoms with Gasteiger partial charge in [0.25, 0.3) is 5.69 Å². The molecule has 1 aliphatic heterocycles. The number of carbonyl (C=O) groups is 2. The van der Waals surface area contributed by atoms with Gasteiger partial charge in [0.2, 0.25) is 0 Å². The highest BCUT2D eigenvalue weighted by molar-refractivity contribution is 9.10. The molecule has 26 heavy (non-hydrogen) atoms. The van der Waals surface area contributed by atoms with E-state index < -0.39 is 16.9 Å². The second-order valence-electron chi connectivity index (χ2n) is 5.11. The van der Waals surface area contributed by atoms with E-state index in [-0.39, 0.29) is 17.0 Å². The molecule has 0 spiro atoms. The average Bonchev–Trinajstić information content (AvgIpc) is 2.83. The molecule has 0 unspecified atom stereocenters. The zero-order valence-corrected chi connectivity index (χ0v) is 15.8. The quantitative estimate of drug-likeness (QED) is 0.417. The third-order valence-electron chi connectivity index (χ3n) is 3.68. The van der Waals surface area contributed by atoms with Crippen LogP contribution < -0.4 is 4.90 Å². The molecule has 1 aromatic carbocycles. The van der Waals surface area contributed by atoms with E-state index in [0.29, 0.717) is 15.7 Å². The maximum absolute atomic E-state index is 12.4. The van der Waals surface area contributed by atoms with Crippen molar-refractivity contribution in [2.24, 2.45) is 0 Å². The zero-order chi connectivity index (χ0) is 19.4. The van der Waals surface area contributed by atoms with Crippen LogP contribution in [0.5, 0.6) is 0 Å². The fourth-order valence-electron chi connectivity index (χ4n) is 2.49. The Balaban J connectivity index is 2.78. The number of anilines is 1. The number of ether oxygens (including phenoxy) is 2. The van der Waals surface area contributed by atoms with Crippen molar-refractivity contribution in [2.75, 3.05) is 19.1 Å². The van der Waals surface area contributed by atoms with Crippen LogP contribution in [0.1, 0.15) is 5.56 Å². The molecular weight excluding hydrogens is 408 g/mol. The highest BCUT2D eigenvalue weighted by Crippen LogP contribution is 2.37. The first-order valence-corrected chi connectivity index (χ1v) is 8.11. The van der Waals surface area contributed by atoms with Gasteiger partial charge in [-0.05, 0) is 47.1 Å². The van der Waals surface area contributed by atoms with Gasteiger partial charge in [-0.25, -0.2) is 9.59 Å². The Morgan fingerprint density at radius 1 is 1.15 bits per heavy atom. The normalized spacial score (nSPS) is 13.5. The van der Waals surface area contributed by atoms with Crippen molar-refractivity contribution in [1.82, 2.24) is 0 Å². The van der Waals surface area contributed by atoms with Crippen molar-refractivity contribution in [3.05, 3.63) is 68.0 Å². The number of allylic oxidation sites excluding steroid dienone is 2. The minimum Gasteiger partial charge on any atom is -0.465 e. The molecule has 136 valence electrons. The number of nitro groups is 1. The van der Waals surface area contributed by atoms with Gasteiger partial charge in [0.1, 0.15) is 5.70 Å². The second-order valence-corrected chi connectivity index (χ2v) is 5.97. The molecule has 0 fully saturated rings. The molecule has 1 aliphatic rings. The van der Waals surface area contributed by atoms with Crippen molar-refractivity contribution in [1.29, 1.82) is 0 Å². The predicted octanol–water partition coefficient (Wildman–Crippen LogP) is 3.16. The van der Waals surface area contributed by atoms with Crippen molar-refractivity contribution in [3.8, 4) is 0 Å². The molecule has 9 heteroatoms. The molecule has 0 amide bonds. The number of nitrogens with zero attached hydrogens (tertiary/aromatic N) is 2. The minimum absolute atomic E-state index is 0.0330. The summed E-state index contributed by atoms with van der Waals surface area (Å²) in [6.07, 6.45) is 6.07. The minimum atomic E-state index is -0.786. The highest BCUT2D eigenvalue weighted by atomic mass is 79.9. The van der Waals surface area contributed by atoms with Crippen LogP contribution in [0.25, 0.3) is 0 Å². The van der Waals surface area contributed by atoms with Crippen LogP contribution in [0.3, 0.4) is 0 Å². The third-order valence-corrected chi connectivity index (χ3v) is 4.32. The number of nitro benzene ring substituents is 1. The molecule has 0 bridgehead atoms. The molecule has 0 N–H and O–H groups in total. The summed E-state index contributed by atoms with van der Waals surface area (Å²) in [5, 5.41) is 11.4. The van der Waals surface area contributed by atoms with Crippen LogP contribution in [-0.2, 0) is 19.1 Å². The van der Waals surface area contributed by atoms with Gasteiger partial charge in [-0.15, -0.1) is 0 Å². The smallest absolute Gasteiger partial charge is 0.355 e. The summed E-state index contributed by atoms with van der Waals surface area (Å²) in [6.45, 7) is 1.55. The molecule has 1 aromatic rings. The Morgan fingerprint density at radius 3 is 2.38 bits per heavy atom.